The molecule has 1 amide bonds. The molecule has 0 spiro atoms. The van der Waals surface area contributed by atoms with Crippen molar-refractivity contribution in [1.29, 1.82) is 0 Å². The molecule has 4 aromatic rings. The molecule has 42 heavy (non-hydrogen) atoms. The van der Waals surface area contributed by atoms with Crippen molar-refractivity contribution in [2.24, 2.45) is 11.3 Å². The molecule has 8 nitrogen and oxygen atoms in total. The van der Waals surface area contributed by atoms with Gasteiger partial charge in [-0.2, -0.15) is 0 Å². The van der Waals surface area contributed by atoms with Gasteiger partial charge in [0.05, 0.1) is 24.2 Å². The highest BCUT2D eigenvalue weighted by Gasteiger charge is 2.30. The van der Waals surface area contributed by atoms with Crippen molar-refractivity contribution in [3.05, 3.63) is 64.2 Å². The number of aliphatic hydroxyl groups excluding tert-OH is 1. The number of rotatable bonds is 7. The first-order valence-electron chi connectivity index (χ1n) is 15.2. The molecule has 0 saturated carbocycles. The van der Waals surface area contributed by atoms with E-state index in [-0.39, 0.29) is 23.5 Å². The molecule has 0 bridgehead atoms. The first kappa shape index (κ1) is 29.0. The number of aryl methyl sites for hydroxylation is 2. The number of fused-ring (bicyclic) bond motifs is 2. The number of likely N-dealkylation sites (tertiary alicyclic amines) is 1. The van der Waals surface area contributed by atoms with E-state index in [9.17, 15) is 9.90 Å². The third-order valence-corrected chi connectivity index (χ3v) is 10.1. The average Bonchev–Trinajstić information content (AvgIpc) is 3.59. The van der Waals surface area contributed by atoms with Crippen molar-refractivity contribution >= 4 is 27.6 Å². The molecule has 9 heteroatoms. The van der Waals surface area contributed by atoms with E-state index in [1.165, 1.54) is 16.9 Å². The summed E-state index contributed by atoms with van der Waals surface area (Å²) >= 11 is 1.39. The zero-order chi connectivity index (χ0) is 29.4. The maximum Gasteiger partial charge on any atom is 0.280 e. The lowest BCUT2D eigenvalue weighted by Crippen LogP contribution is -2.38. The molecule has 1 aliphatic heterocycles. The number of piperidine rings is 1. The van der Waals surface area contributed by atoms with Crippen LogP contribution in [0.15, 0.2) is 36.7 Å². The summed E-state index contributed by atoms with van der Waals surface area (Å²) in [5.41, 5.74) is 7.59. The Morgan fingerprint density at radius 1 is 1.17 bits per heavy atom. The van der Waals surface area contributed by atoms with E-state index in [1.807, 2.05) is 6.92 Å². The maximum absolute atomic E-state index is 13.6. The topological polar surface area (TPSA) is 107 Å². The summed E-state index contributed by atoms with van der Waals surface area (Å²) < 4.78 is 0. The quantitative estimate of drug-likeness (QED) is 0.251. The standard InChI is InChI=1S/C33H42N6O2S/c1-20-29(35-19-34-20)22-7-5-21(6-8-22)27(13-16-39-14-11-25(40)12-15-39)36-30(41)32-38-28-18-23-17-24(33(2,3)4)9-10-26(23)37-31(28)42-32/h5-8,18-19,24-25,27,40H,9-17H2,1-4H3,(H,34,35)(H,36,41)/t24-,27+/m0/s1. The van der Waals surface area contributed by atoms with Crippen LogP contribution in [0.5, 0.6) is 0 Å². The number of benzene rings is 1. The van der Waals surface area contributed by atoms with Gasteiger partial charge in [0.25, 0.3) is 5.91 Å². The number of carbonyl (C=O) groups excluding carboxylic acids is 1. The van der Waals surface area contributed by atoms with Gasteiger partial charge in [0.2, 0.25) is 0 Å². The first-order chi connectivity index (χ1) is 20.1. The Balaban J connectivity index is 1.21. The second-order valence-corrected chi connectivity index (χ2v) is 14.1. The second-order valence-electron chi connectivity index (χ2n) is 13.1. The fourth-order valence-corrected chi connectivity index (χ4v) is 7.21. The average molecular weight is 587 g/mol. The van der Waals surface area contributed by atoms with Crippen LogP contribution in [0.25, 0.3) is 21.6 Å². The molecule has 2 aliphatic rings. The number of amides is 1. The van der Waals surface area contributed by atoms with Crippen LogP contribution in [-0.4, -0.2) is 61.6 Å². The minimum Gasteiger partial charge on any atom is -0.393 e. The van der Waals surface area contributed by atoms with Crippen molar-refractivity contribution in [1.82, 2.24) is 30.2 Å². The molecule has 1 fully saturated rings. The number of pyridine rings is 1. The number of aliphatic hydroxyl groups is 1. The Labute approximate surface area is 252 Å². The molecule has 6 rings (SSSR count). The Morgan fingerprint density at radius 2 is 1.93 bits per heavy atom. The van der Waals surface area contributed by atoms with E-state index in [1.54, 1.807) is 6.33 Å². The molecule has 3 N–H and O–H groups in total. The summed E-state index contributed by atoms with van der Waals surface area (Å²) in [5, 5.41) is 13.7. The minimum absolute atomic E-state index is 0.158. The highest BCUT2D eigenvalue weighted by molar-refractivity contribution is 7.19. The van der Waals surface area contributed by atoms with Gasteiger partial charge in [-0.1, -0.05) is 56.4 Å². The summed E-state index contributed by atoms with van der Waals surface area (Å²) in [5.74, 6) is 0.465. The van der Waals surface area contributed by atoms with Gasteiger partial charge >= 0.3 is 0 Å². The van der Waals surface area contributed by atoms with Gasteiger partial charge in [-0.05, 0) is 74.0 Å². The van der Waals surface area contributed by atoms with Gasteiger partial charge in [-0.25, -0.2) is 15.0 Å². The normalized spacial score (nSPS) is 19.1. The van der Waals surface area contributed by atoms with Gasteiger partial charge in [-0.15, -0.1) is 0 Å². The zero-order valence-electron chi connectivity index (χ0n) is 25.1. The van der Waals surface area contributed by atoms with E-state index >= 15 is 0 Å². The monoisotopic (exact) mass is 586 g/mol. The third kappa shape index (κ3) is 6.28. The van der Waals surface area contributed by atoms with Gasteiger partial charge in [0.15, 0.2) is 5.01 Å². The van der Waals surface area contributed by atoms with Crippen LogP contribution in [-0.2, 0) is 12.8 Å². The Bertz CT molecular complexity index is 1550. The lowest BCUT2D eigenvalue weighted by Gasteiger charge is -2.34. The largest absolute Gasteiger partial charge is 0.393 e. The molecular weight excluding hydrogens is 544 g/mol. The number of aromatic amines is 1. The highest BCUT2D eigenvalue weighted by atomic mass is 32.1. The predicted octanol–water partition coefficient (Wildman–Crippen LogP) is 5.86. The summed E-state index contributed by atoms with van der Waals surface area (Å²) in [7, 11) is 0. The van der Waals surface area contributed by atoms with Crippen LogP contribution in [0.1, 0.15) is 84.8 Å². The number of aromatic nitrogens is 4. The van der Waals surface area contributed by atoms with Crippen molar-refractivity contribution < 1.29 is 9.90 Å². The molecule has 1 aliphatic carbocycles. The second kappa shape index (κ2) is 11.9. The molecule has 0 unspecified atom stereocenters. The van der Waals surface area contributed by atoms with Gasteiger partial charge in [0.1, 0.15) is 10.3 Å². The number of H-pyrrole nitrogens is 1. The molecule has 2 atom stereocenters. The summed E-state index contributed by atoms with van der Waals surface area (Å²) in [6.07, 6.45) is 7.03. The zero-order valence-corrected chi connectivity index (χ0v) is 25.9. The van der Waals surface area contributed by atoms with Crippen molar-refractivity contribution in [2.75, 3.05) is 19.6 Å². The van der Waals surface area contributed by atoms with E-state index in [4.69, 9.17) is 9.97 Å². The first-order valence-corrected chi connectivity index (χ1v) is 16.1. The van der Waals surface area contributed by atoms with Crippen LogP contribution in [0.4, 0.5) is 0 Å². The van der Waals surface area contributed by atoms with Crippen LogP contribution >= 0.6 is 11.3 Å². The Morgan fingerprint density at radius 3 is 2.62 bits per heavy atom. The number of nitrogens with one attached hydrogen (secondary N) is 2. The van der Waals surface area contributed by atoms with Crippen molar-refractivity contribution in [3.8, 4) is 11.3 Å². The van der Waals surface area contributed by atoms with Crippen LogP contribution in [0, 0.1) is 18.3 Å². The van der Waals surface area contributed by atoms with Crippen LogP contribution in [0.2, 0.25) is 0 Å². The predicted molar refractivity (Wildman–Crippen MR) is 168 cm³/mol. The molecule has 1 aromatic carbocycles. The SMILES string of the molecule is Cc1[nH]cnc1-c1ccc([C@@H](CCN2CCC(O)CC2)NC(=O)c2nc3cc4c(nc3s2)CC[C@H](C(C)(C)C)C4)cc1. The van der Waals surface area contributed by atoms with Crippen LogP contribution < -0.4 is 5.32 Å². The minimum atomic E-state index is -0.201. The summed E-state index contributed by atoms with van der Waals surface area (Å²) in [6, 6.07) is 10.3. The summed E-state index contributed by atoms with van der Waals surface area (Å²) in [6.45, 7) is 11.6. The summed E-state index contributed by atoms with van der Waals surface area (Å²) in [4.78, 5) is 34.2. The molecule has 4 heterocycles. The van der Waals surface area contributed by atoms with Gasteiger partial charge < -0.3 is 20.3 Å². The maximum atomic E-state index is 13.6. The van der Waals surface area contributed by atoms with Crippen molar-refractivity contribution in [3.63, 3.8) is 0 Å². The number of nitrogens with zero attached hydrogens (tertiary/aromatic N) is 4. The third-order valence-electron chi connectivity index (χ3n) is 9.18. The van der Waals surface area contributed by atoms with Gasteiger partial charge in [0, 0.05) is 36.6 Å². The lowest BCUT2D eigenvalue weighted by molar-refractivity contribution is 0.0795. The molecule has 0 radical (unpaired) electrons. The molecule has 222 valence electrons. The number of imidazole rings is 1. The van der Waals surface area contributed by atoms with E-state index in [0.717, 1.165) is 96.7 Å². The molecule has 3 aromatic heterocycles. The number of carbonyl (C=O) groups is 1. The number of thiazole rings is 1. The highest BCUT2D eigenvalue weighted by Crippen LogP contribution is 2.38. The Hall–Kier alpha value is -3.14. The molecule has 1 saturated heterocycles. The molecular formula is C33H42N6O2S. The number of hydrogen-bond donors (Lipinski definition) is 3. The van der Waals surface area contributed by atoms with E-state index < -0.39 is 0 Å². The van der Waals surface area contributed by atoms with Crippen LogP contribution in [0.3, 0.4) is 0 Å². The van der Waals surface area contributed by atoms with Crippen molar-refractivity contribution in [2.45, 2.75) is 78.4 Å². The Kier molecular flexibility index (Phi) is 8.18. The fourth-order valence-electron chi connectivity index (χ4n) is 6.37. The smallest absolute Gasteiger partial charge is 0.280 e. The fraction of sp³-hybridized carbons (Fsp3) is 0.515. The number of hydrogen-bond acceptors (Lipinski definition) is 7. The van der Waals surface area contributed by atoms with E-state index in [0.29, 0.717) is 10.9 Å². The van der Waals surface area contributed by atoms with E-state index in [2.05, 4.69) is 71.3 Å². The van der Waals surface area contributed by atoms with Gasteiger partial charge in [-0.3, -0.25) is 4.79 Å². The lowest BCUT2D eigenvalue weighted by atomic mass is 9.71.